The number of nitrogens with zero attached hydrogens (tertiary/aromatic N) is 3. The van der Waals surface area contributed by atoms with Crippen molar-refractivity contribution in [1.29, 1.82) is 0 Å². The topological polar surface area (TPSA) is 47.0 Å². The second kappa shape index (κ2) is 10.1. The van der Waals surface area contributed by atoms with Gasteiger partial charge in [-0.25, -0.2) is 8.78 Å². The second-order valence-electron chi connectivity index (χ2n) is 11.4. The van der Waals surface area contributed by atoms with E-state index in [4.69, 9.17) is 0 Å². The molecule has 3 atom stereocenters. The van der Waals surface area contributed by atoms with Gasteiger partial charge in [0, 0.05) is 68.0 Å². The number of carbonyl (C=O) groups excluding carboxylic acids is 1. The van der Waals surface area contributed by atoms with Gasteiger partial charge in [0.25, 0.3) is 0 Å². The highest BCUT2D eigenvalue weighted by molar-refractivity contribution is 5.81. The molecule has 0 aromatic heterocycles. The SMILES string of the molecule is Cc1cc([C@H](C)O)c(N2CCN(C(=O)[C@@H]3CN(C(C)(C)C)C[C@H]3c3ccc(F)cc3F)CC2)cc1C. The van der Waals surface area contributed by atoms with Crippen LogP contribution in [0.15, 0.2) is 30.3 Å². The molecule has 0 bridgehead atoms. The molecule has 2 aliphatic heterocycles. The molecule has 2 heterocycles. The summed E-state index contributed by atoms with van der Waals surface area (Å²) in [7, 11) is 0. The first-order valence-electron chi connectivity index (χ1n) is 12.9. The fourth-order valence-electron chi connectivity index (χ4n) is 5.55. The van der Waals surface area contributed by atoms with E-state index >= 15 is 0 Å². The van der Waals surface area contributed by atoms with Gasteiger partial charge in [-0.1, -0.05) is 12.1 Å². The number of carbonyl (C=O) groups is 1. The van der Waals surface area contributed by atoms with Crippen molar-refractivity contribution in [3.8, 4) is 0 Å². The zero-order chi connectivity index (χ0) is 26.4. The summed E-state index contributed by atoms with van der Waals surface area (Å²) in [5.41, 5.74) is 4.49. The Morgan fingerprint density at radius 2 is 1.64 bits per heavy atom. The average molecular weight is 500 g/mol. The molecule has 2 aromatic carbocycles. The number of aliphatic hydroxyl groups is 1. The number of amides is 1. The highest BCUT2D eigenvalue weighted by Crippen LogP contribution is 2.39. The third kappa shape index (κ3) is 5.28. The normalized spacial score (nSPS) is 22.2. The van der Waals surface area contributed by atoms with Crippen molar-refractivity contribution in [2.75, 3.05) is 44.2 Å². The molecule has 1 N–H and O–H groups in total. The second-order valence-corrected chi connectivity index (χ2v) is 11.4. The van der Waals surface area contributed by atoms with Gasteiger partial charge in [-0.05, 0) is 70.4 Å². The van der Waals surface area contributed by atoms with Crippen LogP contribution in [0.25, 0.3) is 0 Å². The van der Waals surface area contributed by atoms with Gasteiger partial charge in [-0.15, -0.1) is 0 Å². The molecule has 0 saturated carbocycles. The lowest BCUT2D eigenvalue weighted by molar-refractivity contribution is -0.136. The number of anilines is 1. The minimum atomic E-state index is -0.608. The Kier molecular flexibility index (Phi) is 7.45. The first-order valence-corrected chi connectivity index (χ1v) is 12.9. The molecule has 4 rings (SSSR count). The van der Waals surface area contributed by atoms with Crippen molar-refractivity contribution in [2.45, 2.75) is 59.1 Å². The molecule has 2 aliphatic rings. The van der Waals surface area contributed by atoms with Gasteiger partial charge in [0.05, 0.1) is 12.0 Å². The number of hydrogen-bond donors (Lipinski definition) is 1. The van der Waals surface area contributed by atoms with Crippen LogP contribution in [0.5, 0.6) is 0 Å². The monoisotopic (exact) mass is 499 g/mol. The molecule has 0 aliphatic carbocycles. The van der Waals surface area contributed by atoms with E-state index in [1.54, 1.807) is 6.92 Å². The maximum absolute atomic E-state index is 14.8. The highest BCUT2D eigenvalue weighted by atomic mass is 19.1. The van der Waals surface area contributed by atoms with E-state index in [1.807, 2.05) is 17.9 Å². The van der Waals surface area contributed by atoms with Gasteiger partial charge in [0.15, 0.2) is 0 Å². The number of aryl methyl sites for hydroxylation is 2. The van der Waals surface area contributed by atoms with Crippen molar-refractivity contribution < 1.29 is 18.7 Å². The molecular formula is C29H39F2N3O2. The number of halogens is 2. The molecule has 0 radical (unpaired) electrons. The molecular weight excluding hydrogens is 460 g/mol. The summed E-state index contributed by atoms with van der Waals surface area (Å²) in [5.74, 6) is -1.86. The minimum absolute atomic E-state index is 0.0333. The summed E-state index contributed by atoms with van der Waals surface area (Å²) in [5, 5.41) is 10.4. The summed E-state index contributed by atoms with van der Waals surface area (Å²) in [6.45, 7) is 15.8. The average Bonchev–Trinajstić information content (AvgIpc) is 3.26. The fourth-order valence-corrected chi connectivity index (χ4v) is 5.55. The Labute approximate surface area is 213 Å². The first kappa shape index (κ1) is 26.6. The maximum atomic E-state index is 14.8. The number of benzene rings is 2. The minimum Gasteiger partial charge on any atom is -0.389 e. The molecule has 1 amide bonds. The molecule has 2 fully saturated rings. The zero-order valence-electron chi connectivity index (χ0n) is 22.3. The van der Waals surface area contributed by atoms with E-state index in [0.29, 0.717) is 44.8 Å². The number of aliphatic hydroxyl groups excluding tert-OH is 1. The third-order valence-electron chi connectivity index (χ3n) is 7.97. The van der Waals surface area contributed by atoms with Gasteiger partial charge < -0.3 is 14.9 Å². The highest BCUT2D eigenvalue weighted by Gasteiger charge is 2.44. The summed E-state index contributed by atoms with van der Waals surface area (Å²) >= 11 is 0. The standard InChI is InChI=1S/C29H39F2N3O2/c1-18-13-23(20(3)35)27(14-19(18)2)32-9-11-33(12-10-32)28(36)25-17-34(29(4,5)6)16-24(25)22-8-7-21(30)15-26(22)31/h7-8,13-15,20,24-25,35H,9-12,16-17H2,1-6H3/t20-,24-,25+/m0/s1. The van der Waals surface area contributed by atoms with Crippen LogP contribution in [-0.2, 0) is 4.79 Å². The number of hydrogen-bond acceptors (Lipinski definition) is 4. The van der Waals surface area contributed by atoms with Crippen molar-refractivity contribution in [3.05, 3.63) is 64.2 Å². The van der Waals surface area contributed by atoms with Crippen LogP contribution in [0.1, 0.15) is 62.0 Å². The Morgan fingerprint density at radius 1 is 1.00 bits per heavy atom. The van der Waals surface area contributed by atoms with Crippen LogP contribution in [-0.4, -0.2) is 65.6 Å². The maximum Gasteiger partial charge on any atom is 0.227 e. The van der Waals surface area contributed by atoms with E-state index in [0.717, 1.165) is 22.9 Å². The van der Waals surface area contributed by atoms with Gasteiger partial charge in [0.2, 0.25) is 5.91 Å². The van der Waals surface area contributed by atoms with Crippen molar-refractivity contribution in [3.63, 3.8) is 0 Å². The Bertz CT molecular complexity index is 1120. The van der Waals surface area contributed by atoms with E-state index < -0.39 is 17.7 Å². The summed E-state index contributed by atoms with van der Waals surface area (Å²) in [6.07, 6.45) is -0.577. The summed E-state index contributed by atoms with van der Waals surface area (Å²) in [6, 6.07) is 7.87. The zero-order valence-corrected chi connectivity index (χ0v) is 22.3. The summed E-state index contributed by atoms with van der Waals surface area (Å²) < 4.78 is 28.4. The van der Waals surface area contributed by atoms with Gasteiger partial charge in [-0.2, -0.15) is 0 Å². The first-order chi connectivity index (χ1) is 16.9. The Hall–Kier alpha value is -2.51. The van der Waals surface area contributed by atoms with Crippen LogP contribution in [0, 0.1) is 31.4 Å². The van der Waals surface area contributed by atoms with Crippen molar-refractivity contribution in [2.24, 2.45) is 5.92 Å². The fraction of sp³-hybridized carbons (Fsp3) is 0.552. The van der Waals surface area contributed by atoms with Gasteiger partial charge in [-0.3, -0.25) is 9.69 Å². The van der Waals surface area contributed by atoms with Crippen LogP contribution < -0.4 is 4.90 Å². The van der Waals surface area contributed by atoms with Gasteiger partial charge >= 0.3 is 0 Å². The number of piperazine rings is 1. The largest absolute Gasteiger partial charge is 0.389 e. The third-order valence-corrected chi connectivity index (χ3v) is 7.97. The summed E-state index contributed by atoms with van der Waals surface area (Å²) in [4.78, 5) is 20.2. The van der Waals surface area contributed by atoms with Crippen LogP contribution >= 0.6 is 0 Å². The predicted octanol–water partition coefficient (Wildman–Crippen LogP) is 4.80. The lowest BCUT2D eigenvalue weighted by atomic mass is 9.87. The molecule has 36 heavy (non-hydrogen) atoms. The van der Waals surface area contributed by atoms with E-state index in [9.17, 15) is 18.7 Å². The van der Waals surface area contributed by atoms with Crippen molar-refractivity contribution >= 4 is 11.6 Å². The van der Waals surface area contributed by atoms with E-state index in [-0.39, 0.29) is 23.3 Å². The van der Waals surface area contributed by atoms with Crippen LogP contribution in [0.3, 0.4) is 0 Å². The number of likely N-dealkylation sites (tertiary alicyclic amines) is 1. The predicted molar refractivity (Wildman–Crippen MR) is 139 cm³/mol. The Balaban J connectivity index is 1.53. The molecule has 196 valence electrons. The smallest absolute Gasteiger partial charge is 0.227 e. The quantitative estimate of drug-likeness (QED) is 0.657. The molecule has 0 unspecified atom stereocenters. The van der Waals surface area contributed by atoms with Gasteiger partial charge in [0.1, 0.15) is 11.6 Å². The number of rotatable bonds is 4. The van der Waals surface area contributed by atoms with Crippen LogP contribution in [0.4, 0.5) is 14.5 Å². The molecule has 2 aromatic rings. The lowest BCUT2D eigenvalue weighted by Crippen LogP contribution is -2.51. The Morgan fingerprint density at radius 3 is 2.22 bits per heavy atom. The molecule has 0 spiro atoms. The lowest BCUT2D eigenvalue weighted by Gasteiger charge is -2.39. The van der Waals surface area contributed by atoms with Crippen molar-refractivity contribution in [1.82, 2.24) is 9.80 Å². The molecule has 2 saturated heterocycles. The molecule has 7 heteroatoms. The van der Waals surface area contributed by atoms with E-state index in [2.05, 4.69) is 43.6 Å². The molecule has 5 nitrogen and oxygen atoms in total. The van der Waals surface area contributed by atoms with E-state index in [1.165, 1.54) is 17.7 Å². The van der Waals surface area contributed by atoms with Crippen LogP contribution in [0.2, 0.25) is 0 Å².